The molecule has 0 spiro atoms. The molecule has 1 unspecified atom stereocenters. The van der Waals surface area contributed by atoms with E-state index in [-0.39, 0.29) is 12.5 Å². The molecule has 1 atom stereocenters. The van der Waals surface area contributed by atoms with Crippen molar-refractivity contribution in [3.05, 3.63) is 81.4 Å². The Morgan fingerprint density at radius 3 is 2.33 bits per heavy atom. The Bertz CT molecular complexity index is 669. The summed E-state index contributed by atoms with van der Waals surface area (Å²) in [6.07, 6.45) is 1.83. The number of rotatable bonds is 8. The number of nitrogens with zero attached hydrogens (tertiary/aromatic N) is 1. The fourth-order valence-corrected chi connectivity index (χ4v) is 2.54. The van der Waals surface area contributed by atoms with Gasteiger partial charge in [-0.15, -0.1) is 0 Å². The Labute approximate surface area is 141 Å². The molecular formula is C19H22N2O3. The lowest BCUT2D eigenvalue weighted by Gasteiger charge is -2.16. The van der Waals surface area contributed by atoms with Crippen molar-refractivity contribution in [2.75, 3.05) is 6.54 Å². The van der Waals surface area contributed by atoms with Crippen LogP contribution in [0.3, 0.4) is 0 Å². The van der Waals surface area contributed by atoms with Crippen LogP contribution in [-0.2, 0) is 17.6 Å². The molecule has 0 aromatic heterocycles. The summed E-state index contributed by atoms with van der Waals surface area (Å²) in [5, 5.41) is 13.7. The normalized spacial score (nSPS) is 11.7. The first kappa shape index (κ1) is 17.7. The van der Waals surface area contributed by atoms with Gasteiger partial charge >= 0.3 is 0 Å². The summed E-state index contributed by atoms with van der Waals surface area (Å²) in [4.78, 5) is 22.7. The van der Waals surface area contributed by atoms with Crippen LogP contribution in [0.1, 0.15) is 36.1 Å². The fourth-order valence-electron chi connectivity index (χ4n) is 2.54. The Morgan fingerprint density at radius 1 is 1.08 bits per heavy atom. The number of aryl methyl sites for hydroxylation is 2. The van der Waals surface area contributed by atoms with Crippen LogP contribution in [0.15, 0.2) is 54.6 Å². The lowest BCUT2D eigenvalue weighted by Crippen LogP contribution is -2.33. The van der Waals surface area contributed by atoms with Gasteiger partial charge in [0.1, 0.15) is 6.04 Å². The zero-order valence-corrected chi connectivity index (χ0v) is 13.8. The van der Waals surface area contributed by atoms with E-state index >= 15 is 0 Å². The third-order valence-corrected chi connectivity index (χ3v) is 3.94. The van der Waals surface area contributed by atoms with Gasteiger partial charge in [-0.05, 0) is 29.5 Å². The predicted molar refractivity (Wildman–Crippen MR) is 93.3 cm³/mol. The van der Waals surface area contributed by atoms with Crippen LogP contribution < -0.4 is 5.32 Å². The molecule has 2 aromatic carbocycles. The average Bonchev–Trinajstić information content (AvgIpc) is 2.60. The van der Waals surface area contributed by atoms with Gasteiger partial charge in [-0.3, -0.25) is 14.9 Å². The van der Waals surface area contributed by atoms with Crippen molar-refractivity contribution in [2.24, 2.45) is 0 Å². The summed E-state index contributed by atoms with van der Waals surface area (Å²) < 4.78 is 0. The van der Waals surface area contributed by atoms with Crippen molar-refractivity contribution in [1.82, 2.24) is 5.32 Å². The van der Waals surface area contributed by atoms with Gasteiger partial charge in [0.25, 0.3) is 0 Å². The second kappa shape index (κ2) is 8.82. The van der Waals surface area contributed by atoms with Crippen molar-refractivity contribution in [2.45, 2.75) is 32.2 Å². The Balaban J connectivity index is 1.99. The molecule has 5 nitrogen and oxygen atoms in total. The lowest BCUT2D eigenvalue weighted by atomic mass is 10.0. The summed E-state index contributed by atoms with van der Waals surface area (Å²) in [7, 11) is 0. The molecule has 24 heavy (non-hydrogen) atoms. The highest BCUT2D eigenvalue weighted by Crippen LogP contribution is 2.15. The molecule has 126 valence electrons. The van der Waals surface area contributed by atoms with E-state index in [9.17, 15) is 14.9 Å². The molecule has 0 radical (unpaired) electrons. The molecule has 0 aliphatic carbocycles. The zero-order chi connectivity index (χ0) is 17.4. The average molecular weight is 326 g/mol. The first-order chi connectivity index (χ1) is 11.6. The van der Waals surface area contributed by atoms with Gasteiger partial charge in [0.2, 0.25) is 12.5 Å². The number of benzene rings is 2. The first-order valence-electron chi connectivity index (χ1n) is 8.12. The van der Waals surface area contributed by atoms with Crippen LogP contribution in [0.25, 0.3) is 0 Å². The Hall–Kier alpha value is -2.69. The van der Waals surface area contributed by atoms with Crippen LogP contribution in [0.5, 0.6) is 0 Å². The molecule has 1 amide bonds. The standard InChI is InChI=1S/C19H22N2O3/c1-2-15-8-11-17(12-9-15)18(14-21(23)24)20-19(22)13-10-16-6-4-3-5-7-16/h3-9,11-12,18H,2,10,13-14H2,1H3,(H,20,22). The lowest BCUT2D eigenvalue weighted by molar-refractivity contribution is -0.484. The minimum Gasteiger partial charge on any atom is -0.343 e. The van der Waals surface area contributed by atoms with Gasteiger partial charge in [-0.2, -0.15) is 0 Å². The van der Waals surface area contributed by atoms with E-state index in [4.69, 9.17) is 0 Å². The number of nitrogens with one attached hydrogen (secondary N) is 1. The maximum atomic E-state index is 12.2. The van der Waals surface area contributed by atoms with Gasteiger partial charge in [-0.1, -0.05) is 61.5 Å². The third kappa shape index (κ3) is 5.50. The van der Waals surface area contributed by atoms with Gasteiger partial charge in [0, 0.05) is 11.3 Å². The minimum atomic E-state index is -0.603. The van der Waals surface area contributed by atoms with Crippen molar-refractivity contribution in [1.29, 1.82) is 0 Å². The zero-order valence-electron chi connectivity index (χ0n) is 13.8. The van der Waals surface area contributed by atoms with Crippen LogP contribution in [0.2, 0.25) is 0 Å². The van der Waals surface area contributed by atoms with Crippen molar-refractivity contribution < 1.29 is 9.72 Å². The van der Waals surface area contributed by atoms with Crippen LogP contribution in [0.4, 0.5) is 0 Å². The molecule has 0 fully saturated rings. The first-order valence-corrected chi connectivity index (χ1v) is 8.12. The summed E-state index contributed by atoms with van der Waals surface area (Å²) in [6, 6.07) is 16.7. The highest BCUT2D eigenvalue weighted by atomic mass is 16.6. The van der Waals surface area contributed by atoms with E-state index in [1.807, 2.05) is 54.6 Å². The molecule has 5 heteroatoms. The highest BCUT2D eigenvalue weighted by Gasteiger charge is 2.20. The van der Waals surface area contributed by atoms with Crippen molar-refractivity contribution >= 4 is 5.91 Å². The predicted octanol–water partition coefficient (Wildman–Crippen LogP) is 3.32. The molecule has 0 heterocycles. The Morgan fingerprint density at radius 2 is 1.75 bits per heavy atom. The van der Waals surface area contributed by atoms with E-state index in [0.29, 0.717) is 12.8 Å². The van der Waals surface area contributed by atoms with Crippen LogP contribution >= 0.6 is 0 Å². The molecule has 1 N–H and O–H groups in total. The SMILES string of the molecule is CCc1ccc(C(C[N+](=O)[O-])NC(=O)CCc2ccccc2)cc1. The smallest absolute Gasteiger partial charge is 0.227 e. The number of carbonyl (C=O) groups is 1. The van der Waals surface area contributed by atoms with Crippen molar-refractivity contribution in [3.63, 3.8) is 0 Å². The van der Waals surface area contributed by atoms with Gasteiger partial charge in [0.15, 0.2) is 0 Å². The van der Waals surface area contributed by atoms with Gasteiger partial charge in [-0.25, -0.2) is 0 Å². The van der Waals surface area contributed by atoms with Crippen LogP contribution in [-0.4, -0.2) is 17.4 Å². The fraction of sp³-hybridized carbons (Fsp3) is 0.316. The maximum absolute atomic E-state index is 12.2. The molecule has 2 rings (SSSR count). The van der Waals surface area contributed by atoms with E-state index < -0.39 is 11.0 Å². The molecule has 0 bridgehead atoms. The van der Waals surface area contributed by atoms with Crippen LogP contribution in [0, 0.1) is 10.1 Å². The number of hydrogen-bond acceptors (Lipinski definition) is 3. The summed E-state index contributed by atoms with van der Waals surface area (Å²) in [5.41, 5.74) is 3.00. The topological polar surface area (TPSA) is 72.2 Å². The molecule has 2 aromatic rings. The number of amides is 1. The molecule has 0 saturated heterocycles. The van der Waals surface area contributed by atoms with E-state index in [1.165, 1.54) is 0 Å². The van der Waals surface area contributed by atoms with Gasteiger partial charge in [0.05, 0.1) is 0 Å². The molecular weight excluding hydrogens is 304 g/mol. The highest BCUT2D eigenvalue weighted by molar-refractivity contribution is 5.76. The second-order valence-electron chi connectivity index (χ2n) is 5.72. The second-order valence-corrected chi connectivity index (χ2v) is 5.72. The third-order valence-electron chi connectivity index (χ3n) is 3.94. The summed E-state index contributed by atoms with van der Waals surface area (Å²) >= 11 is 0. The largest absolute Gasteiger partial charge is 0.343 e. The summed E-state index contributed by atoms with van der Waals surface area (Å²) in [5.74, 6) is -0.176. The Kier molecular flexibility index (Phi) is 6.49. The van der Waals surface area contributed by atoms with Crippen molar-refractivity contribution in [3.8, 4) is 0 Å². The number of carbonyl (C=O) groups excluding carboxylic acids is 1. The van der Waals surface area contributed by atoms with E-state index in [2.05, 4.69) is 12.2 Å². The monoisotopic (exact) mass is 326 g/mol. The molecule has 0 saturated carbocycles. The maximum Gasteiger partial charge on any atom is 0.227 e. The minimum absolute atomic E-state index is 0.176. The quantitative estimate of drug-likeness (QED) is 0.597. The molecule has 0 aliphatic heterocycles. The summed E-state index contributed by atoms with van der Waals surface area (Å²) in [6.45, 7) is 1.73. The number of nitro groups is 1. The van der Waals surface area contributed by atoms with E-state index in [1.54, 1.807) is 0 Å². The van der Waals surface area contributed by atoms with Gasteiger partial charge < -0.3 is 5.32 Å². The number of hydrogen-bond donors (Lipinski definition) is 1. The van der Waals surface area contributed by atoms with E-state index in [0.717, 1.165) is 23.1 Å². The molecule has 0 aliphatic rings.